The van der Waals surface area contributed by atoms with Gasteiger partial charge in [0.25, 0.3) is 0 Å². The van der Waals surface area contributed by atoms with E-state index >= 15 is 0 Å². The summed E-state index contributed by atoms with van der Waals surface area (Å²) in [5.41, 5.74) is 0.471. The van der Waals surface area contributed by atoms with Gasteiger partial charge >= 0.3 is 0 Å². The highest BCUT2D eigenvalue weighted by Crippen LogP contribution is 2.21. The Morgan fingerprint density at radius 3 is 2.25 bits per heavy atom. The largest absolute Gasteiger partial charge is 0.317 e. The molecule has 0 aliphatic carbocycles. The van der Waals surface area contributed by atoms with Crippen molar-refractivity contribution in [3.8, 4) is 0 Å². The first kappa shape index (κ1) is 14.0. The predicted molar refractivity (Wildman–Crippen MR) is 71.8 cm³/mol. The summed E-state index contributed by atoms with van der Waals surface area (Å²) in [6.07, 6.45) is 5.28. The summed E-state index contributed by atoms with van der Waals surface area (Å²) < 4.78 is 0. The van der Waals surface area contributed by atoms with Crippen LogP contribution in [-0.4, -0.2) is 37.1 Å². The van der Waals surface area contributed by atoms with Gasteiger partial charge in [-0.15, -0.1) is 0 Å². The van der Waals surface area contributed by atoms with Crippen molar-refractivity contribution in [1.82, 2.24) is 10.2 Å². The Labute approximate surface area is 102 Å². The van der Waals surface area contributed by atoms with Gasteiger partial charge in [-0.2, -0.15) is 0 Å². The summed E-state index contributed by atoms with van der Waals surface area (Å²) >= 11 is 0. The Balaban J connectivity index is 2.39. The molecule has 1 heterocycles. The zero-order chi connectivity index (χ0) is 12.0. The molecule has 1 rings (SSSR count). The maximum Gasteiger partial charge on any atom is 0.0119 e. The Bertz CT molecular complexity index is 178. The fourth-order valence-corrected chi connectivity index (χ4v) is 2.42. The second kappa shape index (κ2) is 6.61. The van der Waals surface area contributed by atoms with Crippen molar-refractivity contribution in [3.05, 3.63) is 0 Å². The molecule has 1 saturated heterocycles. The van der Waals surface area contributed by atoms with Crippen molar-refractivity contribution in [1.29, 1.82) is 0 Å². The molecule has 1 aliphatic rings. The minimum absolute atomic E-state index is 0.471. The van der Waals surface area contributed by atoms with Crippen LogP contribution in [0.25, 0.3) is 0 Å². The van der Waals surface area contributed by atoms with E-state index in [1.54, 1.807) is 0 Å². The SMILES string of the molecule is CCCN(CCC(C)(C)C)C1CCNCC1. The summed E-state index contributed by atoms with van der Waals surface area (Å²) in [7, 11) is 0. The number of hydrogen-bond acceptors (Lipinski definition) is 2. The molecule has 16 heavy (non-hydrogen) atoms. The van der Waals surface area contributed by atoms with Gasteiger partial charge in [0, 0.05) is 6.04 Å². The van der Waals surface area contributed by atoms with Crippen LogP contribution in [-0.2, 0) is 0 Å². The Hall–Kier alpha value is -0.0800. The fourth-order valence-electron chi connectivity index (χ4n) is 2.42. The monoisotopic (exact) mass is 226 g/mol. The second-order valence-electron chi connectivity index (χ2n) is 6.33. The van der Waals surface area contributed by atoms with E-state index in [0.29, 0.717) is 5.41 Å². The molecule has 0 amide bonds. The van der Waals surface area contributed by atoms with Gasteiger partial charge in [0.2, 0.25) is 0 Å². The maximum absolute atomic E-state index is 3.46. The molecule has 0 aromatic heterocycles. The second-order valence-corrected chi connectivity index (χ2v) is 6.33. The Morgan fingerprint density at radius 2 is 1.75 bits per heavy atom. The lowest BCUT2D eigenvalue weighted by Crippen LogP contribution is -2.44. The van der Waals surface area contributed by atoms with Gasteiger partial charge in [0.15, 0.2) is 0 Å². The molecule has 1 N–H and O–H groups in total. The van der Waals surface area contributed by atoms with Crippen LogP contribution in [0.15, 0.2) is 0 Å². The summed E-state index contributed by atoms with van der Waals surface area (Å²) in [5, 5.41) is 3.46. The molecule has 0 bridgehead atoms. The van der Waals surface area contributed by atoms with E-state index in [4.69, 9.17) is 0 Å². The lowest BCUT2D eigenvalue weighted by Gasteiger charge is -2.36. The molecule has 2 heteroatoms. The smallest absolute Gasteiger partial charge is 0.0119 e. The standard InChI is InChI=1S/C14H30N2/c1-5-11-16(12-8-14(2,3)4)13-6-9-15-10-7-13/h13,15H,5-12H2,1-4H3. The zero-order valence-electron chi connectivity index (χ0n) is 11.7. The molecular formula is C14H30N2. The average molecular weight is 226 g/mol. The number of piperidine rings is 1. The van der Waals surface area contributed by atoms with Crippen LogP contribution in [0.1, 0.15) is 53.4 Å². The maximum atomic E-state index is 3.46. The number of nitrogens with zero attached hydrogens (tertiary/aromatic N) is 1. The third kappa shape index (κ3) is 5.31. The summed E-state index contributed by atoms with van der Waals surface area (Å²) in [6.45, 7) is 14.3. The third-order valence-corrected chi connectivity index (χ3v) is 3.48. The van der Waals surface area contributed by atoms with Gasteiger partial charge in [-0.05, 0) is 57.3 Å². The molecular weight excluding hydrogens is 196 g/mol. The molecule has 0 radical (unpaired) electrons. The van der Waals surface area contributed by atoms with E-state index in [0.717, 1.165) is 6.04 Å². The molecule has 96 valence electrons. The van der Waals surface area contributed by atoms with Crippen molar-refractivity contribution >= 4 is 0 Å². The van der Waals surface area contributed by atoms with Crippen LogP contribution in [0.2, 0.25) is 0 Å². The topological polar surface area (TPSA) is 15.3 Å². The molecule has 1 aliphatic heterocycles. The molecule has 0 aromatic rings. The van der Waals surface area contributed by atoms with Gasteiger partial charge in [0.1, 0.15) is 0 Å². The van der Waals surface area contributed by atoms with E-state index in [-0.39, 0.29) is 0 Å². The van der Waals surface area contributed by atoms with Crippen LogP contribution in [0.4, 0.5) is 0 Å². The van der Waals surface area contributed by atoms with E-state index in [2.05, 4.69) is 37.9 Å². The lowest BCUT2D eigenvalue weighted by molar-refractivity contribution is 0.142. The molecule has 2 nitrogen and oxygen atoms in total. The van der Waals surface area contributed by atoms with E-state index in [1.807, 2.05) is 0 Å². The lowest BCUT2D eigenvalue weighted by atomic mass is 9.91. The minimum atomic E-state index is 0.471. The van der Waals surface area contributed by atoms with Crippen molar-refractivity contribution in [2.45, 2.75) is 59.4 Å². The highest BCUT2D eigenvalue weighted by molar-refractivity contribution is 4.78. The third-order valence-electron chi connectivity index (χ3n) is 3.48. The number of hydrogen-bond donors (Lipinski definition) is 1. The zero-order valence-corrected chi connectivity index (χ0v) is 11.7. The van der Waals surface area contributed by atoms with E-state index in [9.17, 15) is 0 Å². The van der Waals surface area contributed by atoms with Crippen molar-refractivity contribution in [2.75, 3.05) is 26.2 Å². The van der Waals surface area contributed by atoms with Gasteiger partial charge < -0.3 is 10.2 Å². The van der Waals surface area contributed by atoms with Crippen LogP contribution in [0.5, 0.6) is 0 Å². The normalized spacial score (nSPS) is 19.3. The van der Waals surface area contributed by atoms with Gasteiger partial charge in [0.05, 0.1) is 0 Å². The van der Waals surface area contributed by atoms with E-state index < -0.39 is 0 Å². The number of nitrogens with one attached hydrogen (secondary N) is 1. The molecule has 0 aromatic carbocycles. The van der Waals surface area contributed by atoms with Gasteiger partial charge in [-0.3, -0.25) is 0 Å². The molecule has 0 unspecified atom stereocenters. The quantitative estimate of drug-likeness (QED) is 0.775. The van der Waals surface area contributed by atoms with Crippen LogP contribution < -0.4 is 5.32 Å². The highest BCUT2D eigenvalue weighted by atomic mass is 15.2. The van der Waals surface area contributed by atoms with Gasteiger partial charge in [-0.1, -0.05) is 27.7 Å². The fraction of sp³-hybridized carbons (Fsp3) is 1.00. The molecule has 1 fully saturated rings. The summed E-state index contributed by atoms with van der Waals surface area (Å²) in [5.74, 6) is 0. The highest BCUT2D eigenvalue weighted by Gasteiger charge is 2.21. The Kier molecular flexibility index (Phi) is 5.77. The minimum Gasteiger partial charge on any atom is -0.317 e. The van der Waals surface area contributed by atoms with E-state index in [1.165, 1.54) is 51.9 Å². The predicted octanol–water partition coefficient (Wildman–Crippen LogP) is 2.89. The van der Waals surface area contributed by atoms with Crippen molar-refractivity contribution < 1.29 is 0 Å². The van der Waals surface area contributed by atoms with Crippen molar-refractivity contribution in [3.63, 3.8) is 0 Å². The first-order valence-corrected chi connectivity index (χ1v) is 6.97. The first-order valence-electron chi connectivity index (χ1n) is 6.97. The van der Waals surface area contributed by atoms with Crippen molar-refractivity contribution in [2.24, 2.45) is 5.41 Å². The first-order chi connectivity index (χ1) is 7.53. The summed E-state index contributed by atoms with van der Waals surface area (Å²) in [6, 6.07) is 0.837. The molecule has 0 spiro atoms. The molecule has 0 atom stereocenters. The van der Waals surface area contributed by atoms with Crippen LogP contribution in [0, 0.1) is 5.41 Å². The number of rotatable bonds is 5. The summed E-state index contributed by atoms with van der Waals surface area (Å²) in [4.78, 5) is 2.73. The van der Waals surface area contributed by atoms with Gasteiger partial charge in [-0.25, -0.2) is 0 Å². The molecule has 0 saturated carbocycles. The average Bonchev–Trinajstić information content (AvgIpc) is 2.24. The van der Waals surface area contributed by atoms with Crippen LogP contribution >= 0.6 is 0 Å². The van der Waals surface area contributed by atoms with Crippen LogP contribution in [0.3, 0.4) is 0 Å². The Morgan fingerprint density at radius 1 is 1.12 bits per heavy atom.